The summed E-state index contributed by atoms with van der Waals surface area (Å²) in [5.41, 5.74) is 11.7. The number of aliphatic carboxylic acids is 2. The maximum Gasteiger partial charge on any atom is 0.410 e. The summed E-state index contributed by atoms with van der Waals surface area (Å²) in [5, 5.41) is 20.6. The number of nitrogens with one attached hydrogen (secondary N) is 3. The van der Waals surface area contributed by atoms with Gasteiger partial charge in [0.25, 0.3) is 0 Å². The van der Waals surface area contributed by atoms with Gasteiger partial charge < -0.3 is 80.8 Å². The monoisotopic (exact) mass is 1910 g/mol. The molecule has 1 aliphatic carbocycles. The van der Waals surface area contributed by atoms with Crippen molar-refractivity contribution in [1.29, 1.82) is 0 Å². The molecule has 0 atom stereocenters. The molecule has 3 aromatic heterocycles. The number of H-pyrrole nitrogens is 3. The summed E-state index contributed by atoms with van der Waals surface area (Å²) in [4.78, 5) is 137. The van der Waals surface area contributed by atoms with E-state index in [1.54, 1.807) is 14.7 Å². The molecule has 0 spiro atoms. The molecule has 10 aromatic rings. The predicted molar refractivity (Wildman–Crippen MR) is 509 cm³/mol. The molecule has 7 N–H and O–H groups in total. The maximum absolute atomic E-state index is 12.8. The fourth-order valence-electron chi connectivity index (χ4n) is 16.2. The van der Waals surface area contributed by atoms with Gasteiger partial charge in [-0.25, -0.2) is 19.2 Å². The Hall–Kier alpha value is -11.1. The highest BCUT2D eigenvalue weighted by atomic mass is 35.5. The third-order valence-corrected chi connectivity index (χ3v) is 24.5. The Morgan fingerprint density at radius 1 is 0.379 bits per heavy atom. The van der Waals surface area contributed by atoms with E-state index in [2.05, 4.69) is 115 Å². The number of benzene rings is 7. The minimum atomic E-state index is -1.14. The van der Waals surface area contributed by atoms with Gasteiger partial charge in [-0.2, -0.15) is 0 Å². The van der Waals surface area contributed by atoms with Crippen LogP contribution in [0.3, 0.4) is 0 Å². The van der Waals surface area contributed by atoms with Crippen LogP contribution in [0.5, 0.6) is 0 Å². The van der Waals surface area contributed by atoms with Crippen molar-refractivity contribution < 1.29 is 104 Å². The second kappa shape index (κ2) is 60.2. The number of ether oxygens (including phenoxy) is 4. The lowest BCUT2D eigenvalue weighted by molar-refractivity contribution is -0.664. The number of likely N-dealkylation sites (tertiary alicyclic amines) is 3. The molecule has 25 nitrogen and oxygen atoms in total. The number of ketones is 2. The number of piperidine rings is 4. The molecule has 0 unspecified atom stereocenters. The van der Waals surface area contributed by atoms with E-state index in [4.69, 9.17) is 47.9 Å². The van der Waals surface area contributed by atoms with Crippen molar-refractivity contribution in [2.45, 2.75) is 195 Å². The average Bonchev–Trinajstić information content (AvgIpc) is 1.67. The molecule has 4 aliphatic heterocycles. The van der Waals surface area contributed by atoms with E-state index in [0.29, 0.717) is 115 Å². The zero-order valence-electron chi connectivity index (χ0n) is 75.4. The number of Topliss-reactive ketones (excluding diaryl/α,β-unsaturated/α-hetero) is 2. The number of carboxylic acids is 2. The Kier molecular flexibility index (Phi) is 49.2. The van der Waals surface area contributed by atoms with Crippen molar-refractivity contribution in [1.82, 2.24) is 29.7 Å². The minimum Gasteiger partial charge on any atom is -1.00 e. The fraction of sp³-hybridized carbons (Fsp3) is 0.422. The Labute approximate surface area is 798 Å². The van der Waals surface area contributed by atoms with E-state index in [9.17, 15) is 52.7 Å². The van der Waals surface area contributed by atoms with Crippen LogP contribution >= 0.6 is 46.7 Å². The number of quaternary nitrogens is 1. The number of aromatic nitrogens is 3. The Bertz CT molecular complexity index is 5170. The predicted octanol–water partition coefficient (Wildman–Crippen LogP) is 19.3. The largest absolute Gasteiger partial charge is 1.00 e. The van der Waals surface area contributed by atoms with Crippen LogP contribution in [0, 0.1) is 50.4 Å². The van der Waals surface area contributed by atoms with Gasteiger partial charge in [-0.1, -0.05) is 188 Å². The third-order valence-electron chi connectivity index (χ3n) is 23.8. The zero-order valence-corrected chi connectivity index (χ0v) is 79.2. The van der Waals surface area contributed by atoms with E-state index in [1.807, 2.05) is 159 Å². The van der Waals surface area contributed by atoms with Gasteiger partial charge in [-0.15, -0.1) is 0 Å². The maximum atomic E-state index is 12.8. The highest BCUT2D eigenvalue weighted by Gasteiger charge is 2.29. The van der Waals surface area contributed by atoms with Crippen molar-refractivity contribution in [3.05, 3.63) is 251 Å². The smallest absolute Gasteiger partial charge is 0.410 e. The number of carboxylic acid groups (broad SMARTS) is 2. The van der Waals surface area contributed by atoms with Crippen LogP contribution in [0.25, 0.3) is 32.7 Å². The van der Waals surface area contributed by atoms with Gasteiger partial charge in [0.1, 0.15) is 38.3 Å². The molecule has 710 valence electrons. The van der Waals surface area contributed by atoms with Crippen molar-refractivity contribution in [2.75, 3.05) is 52.4 Å². The molecule has 1 saturated carbocycles. The lowest BCUT2D eigenvalue weighted by Crippen LogP contribution is -3.00. The summed E-state index contributed by atoms with van der Waals surface area (Å²) in [6.45, 7) is 13.8. The van der Waals surface area contributed by atoms with E-state index < -0.39 is 33.8 Å². The molecule has 3 amide bonds. The summed E-state index contributed by atoms with van der Waals surface area (Å²) < 4.78 is 24.7. The van der Waals surface area contributed by atoms with Crippen LogP contribution in [0.1, 0.15) is 207 Å². The van der Waals surface area contributed by atoms with E-state index in [1.165, 1.54) is 80.1 Å². The van der Waals surface area contributed by atoms with Crippen LogP contribution in [-0.2, 0) is 73.6 Å². The first-order valence-electron chi connectivity index (χ1n) is 45.2. The standard InChI is InChI=1S/C25H28N2O3.C17H22N2O.C16H20ClNO4.C16H21NO4.C9H9N.C9H16O2.C8H7ClO2.C2Cl2O2.ClH/c1-18-7-9-23-21(15-18)22(16-26-23)24(28)10-8-19-11-13-27(14-12-19)25(29)30-17-20-5-3-2-4-6-20;1-12-2-4-16-14(10-12)15(11-19-16)17(20)5-3-13-6-8-18-9-7-13;17-22-15(19)7-6-13-8-10-18(11-9-13)16(20)21-12-14-4-2-1-3-5-14;18-15(19)7-6-13-8-10-17(11-9-13)16(20)21-12-14-4-2-1-3-5-14;1-7-2-3-9-8(6-7)4-5-10-9;10-9(11)7-6-8-4-2-1-3-5-8;9-8(10)11-6-7-4-2-1-3-5-7;3-1(5)2(4)6;/h2-7,9,15-16,19,26H,8,10-14,17H2,1H3;2,4,10-11,13,18-19H,3,5-9H2,1H3;1-5,13H,6-12H2;1-5,13H,6-12H2,(H,18,19);2-6,10H,1H3;8H,1-7H2,(H,10,11);1-5H,6H2;;1H. The van der Waals surface area contributed by atoms with Gasteiger partial charge in [0.2, 0.25) is 0 Å². The molecule has 15 rings (SSSR count). The third kappa shape index (κ3) is 41.0. The molecule has 5 fully saturated rings. The number of rotatable bonds is 26. The van der Waals surface area contributed by atoms with Crippen LogP contribution < -0.4 is 17.7 Å². The Balaban J connectivity index is 0.000000214. The number of aryl methyl sites for hydroxylation is 3. The molecule has 0 bridgehead atoms. The number of halogens is 5. The van der Waals surface area contributed by atoms with Gasteiger partial charge in [0, 0.05) is 140 Å². The second-order valence-corrected chi connectivity index (χ2v) is 34.8. The number of nitrogens with two attached hydrogens (primary N) is 1. The summed E-state index contributed by atoms with van der Waals surface area (Å²) in [7, 11) is 0. The van der Waals surface area contributed by atoms with Crippen LogP contribution in [0.4, 0.5) is 19.2 Å². The lowest BCUT2D eigenvalue weighted by atomic mass is 9.86. The SMILES string of the molecule is Cc1ccc2[nH]cc(C(=O)CCC3CCN(C(=O)OCc4ccccc4)CC3)c2c1.Cc1ccc2[nH]cc(C(=O)CCC3CC[NH2+]CC3)c2c1.Cc1ccc2[nH]ccc2c1.O=C(CCC1CCN(C(=O)OCc2ccccc2)CC1)OCl.O=C(Cl)C(=O)Cl.O=C(Cl)OCc1ccccc1.O=C(O)CCC1CCCCC1.O=C(O)CCC1CCN(C(=O)OCc2ccccc2)CC1.[Cl-]. The number of nitrogens with zero attached hydrogens (tertiary/aromatic N) is 3. The van der Waals surface area contributed by atoms with Gasteiger partial charge >= 0.3 is 52.1 Å². The van der Waals surface area contributed by atoms with Gasteiger partial charge in [-0.05, 0) is 227 Å². The van der Waals surface area contributed by atoms with Crippen LogP contribution in [-0.4, -0.2) is 156 Å². The highest BCUT2D eigenvalue weighted by molar-refractivity contribution is 6.97. The van der Waals surface area contributed by atoms with Crippen LogP contribution in [0.2, 0.25) is 0 Å². The average molecular weight is 1910 g/mol. The minimum absolute atomic E-state index is 0. The quantitative estimate of drug-likeness (QED) is 0.0127. The van der Waals surface area contributed by atoms with Gasteiger partial charge in [0.05, 0.1) is 13.1 Å². The molecule has 7 heterocycles. The molecule has 4 saturated heterocycles. The number of amides is 3. The first kappa shape index (κ1) is 108. The van der Waals surface area contributed by atoms with Gasteiger partial charge in [-0.3, -0.25) is 33.6 Å². The van der Waals surface area contributed by atoms with Crippen molar-refractivity contribution in [3.63, 3.8) is 0 Å². The van der Waals surface area contributed by atoms with E-state index >= 15 is 0 Å². The highest BCUT2D eigenvalue weighted by Crippen LogP contribution is 2.31. The van der Waals surface area contributed by atoms with Crippen molar-refractivity contribution >= 4 is 143 Å². The normalized spacial score (nSPS) is 14.5. The number of fused-ring (bicyclic) bond motifs is 3. The molecule has 132 heavy (non-hydrogen) atoms. The number of hydrogen-bond acceptors (Lipinski definition) is 16. The fourth-order valence-corrected chi connectivity index (χ4v) is 16.3. The molecular weight excluding hydrogens is 1790 g/mol. The van der Waals surface area contributed by atoms with Crippen molar-refractivity contribution in [2.24, 2.45) is 29.6 Å². The Morgan fingerprint density at radius 2 is 0.705 bits per heavy atom. The Morgan fingerprint density at radius 3 is 1.05 bits per heavy atom. The van der Waals surface area contributed by atoms with E-state index in [0.717, 1.165) is 131 Å². The number of aromatic amines is 3. The van der Waals surface area contributed by atoms with E-state index in [-0.39, 0.29) is 55.3 Å². The summed E-state index contributed by atoms with van der Waals surface area (Å²) in [6, 6.07) is 59.1. The molecule has 7 aromatic carbocycles. The summed E-state index contributed by atoms with van der Waals surface area (Å²) >= 11 is 19.0. The van der Waals surface area contributed by atoms with Crippen LogP contribution in [0.15, 0.2) is 201 Å². The number of carbonyl (C=O) groups is 11. The lowest BCUT2D eigenvalue weighted by Gasteiger charge is -2.31. The molecular formula is C102H124Cl5N7O18. The molecule has 0 radical (unpaired) electrons. The number of hydrogen-bond donors (Lipinski definition) is 6. The zero-order chi connectivity index (χ0) is 94.1. The van der Waals surface area contributed by atoms with Crippen molar-refractivity contribution in [3.8, 4) is 0 Å². The first-order valence-corrected chi connectivity index (χ1v) is 46.6. The summed E-state index contributed by atoms with van der Waals surface area (Å²) in [5.74, 6) is 1.44. The second-order valence-electron chi connectivity index (χ2n) is 33.6. The molecule has 5 aliphatic rings. The first-order chi connectivity index (χ1) is 63.2. The topological polar surface area (TPSA) is 348 Å². The van der Waals surface area contributed by atoms with Gasteiger partial charge in [0.15, 0.2) is 11.6 Å². The number of carbonyl (C=O) groups excluding carboxylic acids is 9. The summed E-state index contributed by atoms with van der Waals surface area (Å²) in [6.07, 6.45) is 25.6. The molecule has 30 heteroatoms.